The summed E-state index contributed by atoms with van der Waals surface area (Å²) in [6, 6.07) is 4.75. The van der Waals surface area contributed by atoms with Gasteiger partial charge in [0.05, 0.1) is 5.69 Å². The van der Waals surface area contributed by atoms with Crippen molar-refractivity contribution < 1.29 is 9.13 Å². The molecule has 0 aliphatic heterocycles. The number of ether oxygens (including phenoxy) is 1. The van der Waals surface area contributed by atoms with Gasteiger partial charge in [0.2, 0.25) is 0 Å². The van der Waals surface area contributed by atoms with Gasteiger partial charge in [0, 0.05) is 19.7 Å². The van der Waals surface area contributed by atoms with E-state index in [1.165, 1.54) is 12.1 Å². The Kier molecular flexibility index (Phi) is 4.39. The Morgan fingerprint density at radius 1 is 1.30 bits per heavy atom. The average Bonchev–Trinajstić information content (AvgIpc) is 2.62. The fraction of sp³-hybridized carbons (Fsp3) is 0.400. The SMILES string of the molecule is CCNCc1cc(F)cc(Oc2c(C)nn(C)c2C)c1. The molecule has 0 saturated heterocycles. The molecule has 0 radical (unpaired) electrons. The molecule has 5 heteroatoms. The number of nitrogens with one attached hydrogen (secondary N) is 1. The summed E-state index contributed by atoms with van der Waals surface area (Å²) >= 11 is 0. The summed E-state index contributed by atoms with van der Waals surface area (Å²) in [6.07, 6.45) is 0. The molecule has 0 fully saturated rings. The zero-order chi connectivity index (χ0) is 14.7. The highest BCUT2D eigenvalue weighted by Crippen LogP contribution is 2.29. The Labute approximate surface area is 118 Å². The number of benzene rings is 1. The second kappa shape index (κ2) is 6.05. The lowest BCUT2D eigenvalue weighted by atomic mass is 10.2. The van der Waals surface area contributed by atoms with Crippen LogP contribution < -0.4 is 10.1 Å². The molecule has 1 heterocycles. The fourth-order valence-electron chi connectivity index (χ4n) is 2.07. The molecule has 4 nitrogen and oxygen atoms in total. The van der Waals surface area contributed by atoms with Gasteiger partial charge in [-0.1, -0.05) is 6.92 Å². The van der Waals surface area contributed by atoms with Crippen molar-refractivity contribution in [3.63, 3.8) is 0 Å². The van der Waals surface area contributed by atoms with E-state index in [0.29, 0.717) is 18.0 Å². The maximum atomic E-state index is 13.6. The fourth-order valence-corrected chi connectivity index (χ4v) is 2.07. The molecule has 0 aliphatic rings. The van der Waals surface area contributed by atoms with Crippen molar-refractivity contribution in [2.24, 2.45) is 7.05 Å². The summed E-state index contributed by atoms with van der Waals surface area (Å²) in [7, 11) is 1.86. The number of hydrogen-bond acceptors (Lipinski definition) is 3. The molecule has 1 aromatic carbocycles. The molecule has 0 spiro atoms. The van der Waals surface area contributed by atoms with Crippen molar-refractivity contribution in [2.45, 2.75) is 27.3 Å². The Morgan fingerprint density at radius 3 is 2.65 bits per heavy atom. The van der Waals surface area contributed by atoms with Gasteiger partial charge in [-0.3, -0.25) is 4.68 Å². The summed E-state index contributed by atoms with van der Waals surface area (Å²) in [5, 5.41) is 7.46. The van der Waals surface area contributed by atoms with Crippen LogP contribution in [0.1, 0.15) is 23.9 Å². The molecule has 2 aromatic rings. The first kappa shape index (κ1) is 14.5. The zero-order valence-electron chi connectivity index (χ0n) is 12.3. The third-order valence-electron chi connectivity index (χ3n) is 3.17. The van der Waals surface area contributed by atoms with E-state index in [-0.39, 0.29) is 5.82 Å². The Bertz CT molecular complexity index is 607. The third-order valence-corrected chi connectivity index (χ3v) is 3.17. The highest BCUT2D eigenvalue weighted by atomic mass is 19.1. The normalized spacial score (nSPS) is 10.8. The van der Waals surface area contributed by atoms with Crippen LogP contribution in [0.2, 0.25) is 0 Å². The maximum absolute atomic E-state index is 13.6. The lowest BCUT2D eigenvalue weighted by molar-refractivity contribution is 0.467. The second-order valence-electron chi connectivity index (χ2n) is 4.80. The van der Waals surface area contributed by atoms with Gasteiger partial charge in [-0.15, -0.1) is 0 Å². The summed E-state index contributed by atoms with van der Waals surface area (Å²) < 4.78 is 21.2. The predicted molar refractivity (Wildman–Crippen MR) is 76.5 cm³/mol. The van der Waals surface area contributed by atoms with Crippen LogP contribution in [0.4, 0.5) is 4.39 Å². The lowest BCUT2D eigenvalue weighted by Crippen LogP contribution is -2.11. The van der Waals surface area contributed by atoms with Gasteiger partial charge in [-0.2, -0.15) is 5.10 Å². The molecule has 0 atom stereocenters. The number of aromatic nitrogens is 2. The van der Waals surface area contributed by atoms with Crippen molar-refractivity contribution in [3.05, 3.63) is 41.0 Å². The van der Waals surface area contributed by atoms with Crippen LogP contribution >= 0.6 is 0 Å². The minimum atomic E-state index is -0.297. The average molecular weight is 277 g/mol. The Hall–Kier alpha value is -1.88. The molecule has 1 aromatic heterocycles. The molecule has 0 bridgehead atoms. The molecule has 0 saturated carbocycles. The molecule has 108 valence electrons. The first-order chi connectivity index (χ1) is 9.51. The minimum Gasteiger partial charge on any atom is -0.453 e. The molecular weight excluding hydrogens is 257 g/mol. The highest BCUT2D eigenvalue weighted by Gasteiger charge is 2.12. The van der Waals surface area contributed by atoms with E-state index in [2.05, 4.69) is 10.4 Å². The number of aryl methyl sites for hydroxylation is 2. The van der Waals surface area contributed by atoms with Crippen LogP contribution in [0.25, 0.3) is 0 Å². The Balaban J connectivity index is 2.26. The van der Waals surface area contributed by atoms with Crippen molar-refractivity contribution in [2.75, 3.05) is 6.54 Å². The lowest BCUT2D eigenvalue weighted by Gasteiger charge is -2.09. The molecule has 0 unspecified atom stereocenters. The van der Waals surface area contributed by atoms with Gasteiger partial charge in [0.15, 0.2) is 5.75 Å². The topological polar surface area (TPSA) is 39.1 Å². The van der Waals surface area contributed by atoms with E-state index >= 15 is 0 Å². The van der Waals surface area contributed by atoms with Gasteiger partial charge in [-0.25, -0.2) is 4.39 Å². The van der Waals surface area contributed by atoms with Gasteiger partial charge >= 0.3 is 0 Å². The summed E-state index contributed by atoms with van der Waals surface area (Å²) in [5.74, 6) is 0.888. The standard InChI is InChI=1S/C15H20FN3O/c1-5-17-9-12-6-13(16)8-14(7-12)20-15-10(2)18-19(4)11(15)3/h6-8,17H,5,9H2,1-4H3. The van der Waals surface area contributed by atoms with Crippen LogP contribution in [0, 0.1) is 19.7 Å². The van der Waals surface area contributed by atoms with Crippen molar-refractivity contribution >= 4 is 0 Å². The van der Waals surface area contributed by atoms with Crippen molar-refractivity contribution in [3.8, 4) is 11.5 Å². The first-order valence-corrected chi connectivity index (χ1v) is 6.69. The number of hydrogen-bond donors (Lipinski definition) is 1. The molecule has 0 amide bonds. The van der Waals surface area contributed by atoms with E-state index in [4.69, 9.17) is 4.74 Å². The van der Waals surface area contributed by atoms with Crippen LogP contribution in [0.5, 0.6) is 11.5 Å². The quantitative estimate of drug-likeness (QED) is 0.913. The van der Waals surface area contributed by atoms with Gasteiger partial charge in [0.25, 0.3) is 0 Å². The van der Waals surface area contributed by atoms with Crippen molar-refractivity contribution in [1.82, 2.24) is 15.1 Å². The highest BCUT2D eigenvalue weighted by molar-refractivity contribution is 5.39. The largest absolute Gasteiger partial charge is 0.453 e. The van der Waals surface area contributed by atoms with E-state index < -0.39 is 0 Å². The second-order valence-corrected chi connectivity index (χ2v) is 4.80. The summed E-state index contributed by atoms with van der Waals surface area (Å²) in [5.41, 5.74) is 2.57. The predicted octanol–water partition coefficient (Wildman–Crippen LogP) is 3.08. The zero-order valence-corrected chi connectivity index (χ0v) is 12.3. The number of halogens is 1. The maximum Gasteiger partial charge on any atom is 0.171 e. The molecule has 2 rings (SSSR count). The van der Waals surface area contributed by atoms with E-state index in [0.717, 1.165) is 23.5 Å². The van der Waals surface area contributed by atoms with Gasteiger partial charge < -0.3 is 10.1 Å². The monoisotopic (exact) mass is 277 g/mol. The van der Waals surface area contributed by atoms with Crippen LogP contribution in [-0.4, -0.2) is 16.3 Å². The van der Waals surface area contributed by atoms with E-state index in [9.17, 15) is 4.39 Å². The van der Waals surface area contributed by atoms with Crippen LogP contribution in [0.15, 0.2) is 18.2 Å². The first-order valence-electron chi connectivity index (χ1n) is 6.69. The smallest absolute Gasteiger partial charge is 0.171 e. The Morgan fingerprint density at radius 2 is 2.05 bits per heavy atom. The summed E-state index contributed by atoms with van der Waals surface area (Å²) in [4.78, 5) is 0. The van der Waals surface area contributed by atoms with Crippen molar-refractivity contribution in [1.29, 1.82) is 0 Å². The molecule has 1 N–H and O–H groups in total. The molecule has 20 heavy (non-hydrogen) atoms. The van der Waals surface area contributed by atoms with Crippen LogP contribution in [-0.2, 0) is 13.6 Å². The summed E-state index contributed by atoms with van der Waals surface area (Å²) in [6.45, 7) is 7.28. The van der Waals surface area contributed by atoms with Crippen LogP contribution in [0.3, 0.4) is 0 Å². The molecular formula is C15H20FN3O. The molecule has 0 aliphatic carbocycles. The number of nitrogens with zero attached hydrogens (tertiary/aromatic N) is 2. The third kappa shape index (κ3) is 3.17. The van der Waals surface area contributed by atoms with E-state index in [1.807, 2.05) is 33.9 Å². The van der Waals surface area contributed by atoms with Gasteiger partial charge in [-0.05, 0) is 38.1 Å². The number of rotatable bonds is 5. The van der Waals surface area contributed by atoms with E-state index in [1.54, 1.807) is 4.68 Å². The minimum absolute atomic E-state index is 0.297. The van der Waals surface area contributed by atoms with Gasteiger partial charge in [0.1, 0.15) is 17.3 Å².